The fraction of sp³-hybridized carbons (Fsp3) is 0.143. The lowest BCUT2D eigenvalue weighted by atomic mass is 10.1. The summed E-state index contributed by atoms with van der Waals surface area (Å²) in [4.78, 5) is 12.4. The Labute approximate surface area is 180 Å². The van der Waals surface area contributed by atoms with Gasteiger partial charge in [-0.15, -0.1) is 13.2 Å². The molecule has 1 aromatic heterocycles. The first kappa shape index (κ1) is 22.2. The van der Waals surface area contributed by atoms with Crippen molar-refractivity contribution in [3.05, 3.63) is 77.4 Å². The molecule has 6 nitrogen and oxygen atoms in total. The molecule has 0 atom stereocenters. The Morgan fingerprint density at radius 1 is 0.968 bits per heavy atom. The van der Waals surface area contributed by atoms with Crippen molar-refractivity contribution < 1.29 is 27.4 Å². The van der Waals surface area contributed by atoms with Gasteiger partial charge in [-0.1, -0.05) is 23.7 Å². The Kier molecular flexibility index (Phi) is 6.86. The van der Waals surface area contributed by atoms with Crippen LogP contribution in [0.2, 0.25) is 5.02 Å². The number of hydrogen-bond donors (Lipinski definition) is 2. The average Bonchev–Trinajstić information content (AvgIpc) is 2.72. The molecule has 162 valence electrons. The summed E-state index contributed by atoms with van der Waals surface area (Å²) in [7, 11) is 0. The molecule has 0 spiro atoms. The van der Waals surface area contributed by atoms with E-state index < -0.39 is 12.4 Å². The normalized spacial score (nSPS) is 11.1. The Hall–Kier alpha value is -3.46. The minimum Gasteiger partial charge on any atom is -0.492 e. The van der Waals surface area contributed by atoms with E-state index in [1.807, 2.05) is 0 Å². The summed E-state index contributed by atoms with van der Waals surface area (Å²) in [5, 5.41) is 11.2. The predicted molar refractivity (Wildman–Crippen MR) is 108 cm³/mol. The smallest absolute Gasteiger partial charge is 0.492 e. The zero-order chi connectivity index (χ0) is 22.4. The van der Waals surface area contributed by atoms with Crippen LogP contribution in [0.15, 0.2) is 66.9 Å². The number of alkyl halides is 3. The van der Waals surface area contributed by atoms with E-state index in [0.717, 1.165) is 4.57 Å². The minimum absolute atomic E-state index is 0.0584. The van der Waals surface area contributed by atoms with Crippen LogP contribution in [0.25, 0.3) is 11.1 Å². The van der Waals surface area contributed by atoms with E-state index in [9.17, 15) is 18.0 Å². The highest BCUT2D eigenvalue weighted by molar-refractivity contribution is 6.30. The molecule has 0 bridgehead atoms. The van der Waals surface area contributed by atoms with Crippen LogP contribution in [0.5, 0.6) is 11.5 Å². The SMILES string of the molecule is N=c1ccc(-c2ccc(OC(F)(F)F)cc2)cn1C(=O)NCCOc1ccc(Cl)cc1. The summed E-state index contributed by atoms with van der Waals surface area (Å²) in [6.07, 6.45) is -3.34. The quantitative estimate of drug-likeness (QED) is 0.527. The van der Waals surface area contributed by atoms with Crippen molar-refractivity contribution in [1.82, 2.24) is 9.88 Å². The standard InChI is InChI=1S/C21H17ClF3N3O3/c22-16-4-8-17(9-5-16)30-12-11-27-20(29)28-13-15(3-10-19(28)26)14-1-6-18(7-2-14)31-21(23,24)25/h1-10,13,26H,11-12H2,(H,27,29). The van der Waals surface area contributed by atoms with Gasteiger partial charge >= 0.3 is 12.4 Å². The number of nitrogens with zero attached hydrogens (tertiary/aromatic N) is 1. The van der Waals surface area contributed by atoms with Crippen molar-refractivity contribution in [3.8, 4) is 22.6 Å². The van der Waals surface area contributed by atoms with Crippen LogP contribution in [0, 0.1) is 5.41 Å². The van der Waals surface area contributed by atoms with Crippen molar-refractivity contribution in [2.24, 2.45) is 0 Å². The molecule has 1 heterocycles. The van der Waals surface area contributed by atoms with Gasteiger partial charge < -0.3 is 14.8 Å². The molecule has 0 fully saturated rings. The number of ether oxygens (including phenoxy) is 2. The average molecular weight is 452 g/mol. The van der Waals surface area contributed by atoms with Gasteiger partial charge in [0.15, 0.2) is 0 Å². The second-order valence-corrected chi connectivity index (χ2v) is 6.72. The van der Waals surface area contributed by atoms with Gasteiger partial charge in [0.05, 0.1) is 6.54 Å². The second-order valence-electron chi connectivity index (χ2n) is 6.28. The van der Waals surface area contributed by atoms with E-state index in [1.165, 1.54) is 36.5 Å². The number of carbonyl (C=O) groups excluding carboxylic acids is 1. The van der Waals surface area contributed by atoms with Crippen LogP contribution >= 0.6 is 11.6 Å². The fourth-order valence-corrected chi connectivity index (χ4v) is 2.76. The lowest BCUT2D eigenvalue weighted by Gasteiger charge is -2.12. The number of benzene rings is 2. The lowest BCUT2D eigenvalue weighted by Crippen LogP contribution is -2.37. The van der Waals surface area contributed by atoms with Gasteiger partial charge in [-0.05, 0) is 59.7 Å². The first-order valence-corrected chi connectivity index (χ1v) is 9.39. The number of pyridine rings is 1. The molecule has 0 radical (unpaired) electrons. The Balaban J connectivity index is 1.62. The van der Waals surface area contributed by atoms with Gasteiger partial charge in [0.1, 0.15) is 23.6 Å². The predicted octanol–water partition coefficient (Wildman–Crippen LogP) is 4.82. The van der Waals surface area contributed by atoms with Crippen molar-refractivity contribution in [3.63, 3.8) is 0 Å². The molecule has 0 aliphatic heterocycles. The van der Waals surface area contributed by atoms with E-state index in [-0.39, 0.29) is 24.4 Å². The van der Waals surface area contributed by atoms with E-state index in [4.69, 9.17) is 21.7 Å². The molecule has 1 amide bonds. The van der Waals surface area contributed by atoms with Gasteiger partial charge in [-0.3, -0.25) is 9.98 Å². The van der Waals surface area contributed by atoms with E-state index in [1.54, 1.807) is 30.3 Å². The van der Waals surface area contributed by atoms with Crippen LogP contribution in [0.1, 0.15) is 0 Å². The van der Waals surface area contributed by atoms with Crippen LogP contribution in [-0.2, 0) is 0 Å². The summed E-state index contributed by atoms with van der Waals surface area (Å²) in [6, 6.07) is 14.5. The third kappa shape index (κ3) is 6.51. The molecule has 2 N–H and O–H groups in total. The zero-order valence-corrected chi connectivity index (χ0v) is 16.7. The Morgan fingerprint density at radius 3 is 2.23 bits per heavy atom. The highest BCUT2D eigenvalue weighted by atomic mass is 35.5. The third-order valence-electron chi connectivity index (χ3n) is 4.05. The van der Waals surface area contributed by atoms with E-state index in [0.29, 0.717) is 21.9 Å². The molecular formula is C21H17ClF3N3O3. The number of halogens is 4. The summed E-state index contributed by atoms with van der Waals surface area (Å²) in [5.74, 6) is 0.257. The van der Waals surface area contributed by atoms with E-state index in [2.05, 4.69) is 10.1 Å². The zero-order valence-electron chi connectivity index (χ0n) is 15.9. The topological polar surface area (TPSA) is 76.3 Å². The van der Waals surface area contributed by atoms with Gasteiger partial charge in [0.25, 0.3) is 0 Å². The molecule has 0 unspecified atom stereocenters. The molecule has 3 rings (SSSR count). The number of rotatable bonds is 6. The molecule has 3 aromatic rings. The maximum atomic E-state index is 12.4. The molecule has 0 saturated heterocycles. The van der Waals surface area contributed by atoms with Gasteiger partial charge in [-0.2, -0.15) is 0 Å². The molecule has 0 aliphatic carbocycles. The van der Waals surface area contributed by atoms with Gasteiger partial charge in [0, 0.05) is 11.2 Å². The van der Waals surface area contributed by atoms with Gasteiger partial charge in [0.2, 0.25) is 0 Å². The van der Waals surface area contributed by atoms with Crippen LogP contribution < -0.4 is 20.3 Å². The highest BCUT2D eigenvalue weighted by Gasteiger charge is 2.30. The van der Waals surface area contributed by atoms with Crippen LogP contribution in [0.3, 0.4) is 0 Å². The first-order valence-electron chi connectivity index (χ1n) is 9.01. The highest BCUT2D eigenvalue weighted by Crippen LogP contribution is 2.26. The largest absolute Gasteiger partial charge is 0.573 e. The van der Waals surface area contributed by atoms with Crippen molar-refractivity contribution in [1.29, 1.82) is 5.41 Å². The Morgan fingerprint density at radius 2 is 1.58 bits per heavy atom. The van der Waals surface area contributed by atoms with Crippen LogP contribution in [0.4, 0.5) is 18.0 Å². The van der Waals surface area contributed by atoms with Crippen molar-refractivity contribution >= 4 is 17.6 Å². The molecular weight excluding hydrogens is 435 g/mol. The molecule has 2 aromatic carbocycles. The number of nitrogens with one attached hydrogen (secondary N) is 2. The number of carbonyl (C=O) groups is 1. The second kappa shape index (κ2) is 9.57. The summed E-state index contributed by atoms with van der Waals surface area (Å²) < 4.78 is 47.3. The molecule has 31 heavy (non-hydrogen) atoms. The Bertz CT molecular complexity index is 1100. The maximum Gasteiger partial charge on any atom is 0.573 e. The summed E-state index contributed by atoms with van der Waals surface area (Å²) in [6.45, 7) is 0.406. The van der Waals surface area contributed by atoms with Gasteiger partial charge in [-0.25, -0.2) is 4.79 Å². The minimum atomic E-state index is -4.77. The summed E-state index contributed by atoms with van der Waals surface area (Å²) in [5.41, 5.74) is 1.04. The first-order chi connectivity index (χ1) is 14.7. The molecule has 0 aliphatic rings. The third-order valence-corrected chi connectivity index (χ3v) is 4.30. The monoisotopic (exact) mass is 451 g/mol. The van der Waals surface area contributed by atoms with Crippen molar-refractivity contribution in [2.75, 3.05) is 13.2 Å². The van der Waals surface area contributed by atoms with Crippen molar-refractivity contribution in [2.45, 2.75) is 6.36 Å². The van der Waals surface area contributed by atoms with Crippen LogP contribution in [-0.4, -0.2) is 30.1 Å². The molecule has 0 saturated carbocycles. The number of amides is 1. The number of aromatic nitrogens is 1. The fourth-order valence-electron chi connectivity index (χ4n) is 2.63. The maximum absolute atomic E-state index is 12.4. The van der Waals surface area contributed by atoms with E-state index >= 15 is 0 Å². The lowest BCUT2D eigenvalue weighted by molar-refractivity contribution is -0.274. The summed E-state index contributed by atoms with van der Waals surface area (Å²) >= 11 is 5.80. The number of hydrogen-bond acceptors (Lipinski definition) is 4. The molecule has 10 heteroatoms.